The molecule has 1 aromatic carbocycles. The summed E-state index contributed by atoms with van der Waals surface area (Å²) >= 11 is 0. The standard InChI is InChI=1S/C34H48N4O6/c1-9-14-35-30(41)28(39)24(15-19(2)3)36-29(40)27-25-23(34(25,7)8)18-38(27)31(42)26(37-32(43)44-33(4,5)6)22-16-20-12-10-11-13-21(20)17-22/h9-13,19,22-27H,1,14-18H2,2-8H3,(H,35,41)(H,36,40)(H,37,43). The van der Waals surface area contributed by atoms with Gasteiger partial charge < -0.3 is 25.6 Å². The molecule has 0 radical (unpaired) electrons. The summed E-state index contributed by atoms with van der Waals surface area (Å²) in [5, 5.41) is 8.20. The van der Waals surface area contributed by atoms with Crippen molar-refractivity contribution in [2.75, 3.05) is 13.1 Å². The minimum absolute atomic E-state index is 0.0225. The molecule has 44 heavy (non-hydrogen) atoms. The number of hydrogen-bond donors (Lipinski definition) is 3. The molecule has 1 saturated heterocycles. The van der Waals surface area contributed by atoms with E-state index in [2.05, 4.69) is 36.4 Å². The zero-order valence-corrected chi connectivity index (χ0v) is 27.1. The Bertz CT molecular complexity index is 1290. The van der Waals surface area contributed by atoms with Gasteiger partial charge in [-0.25, -0.2) is 4.79 Å². The Morgan fingerprint density at radius 2 is 1.68 bits per heavy atom. The average molecular weight is 609 g/mol. The first-order valence-corrected chi connectivity index (χ1v) is 15.6. The van der Waals surface area contributed by atoms with E-state index in [1.165, 1.54) is 6.08 Å². The van der Waals surface area contributed by atoms with Crippen LogP contribution in [0.1, 0.15) is 66.0 Å². The Hall–Kier alpha value is -3.69. The van der Waals surface area contributed by atoms with Gasteiger partial charge in [-0.2, -0.15) is 0 Å². The number of hydrogen-bond acceptors (Lipinski definition) is 6. The maximum absolute atomic E-state index is 14.4. The molecule has 1 aromatic rings. The van der Waals surface area contributed by atoms with E-state index in [1.807, 2.05) is 38.1 Å². The van der Waals surface area contributed by atoms with Gasteiger partial charge in [-0.05, 0) is 80.2 Å². The van der Waals surface area contributed by atoms with Crippen LogP contribution in [0.3, 0.4) is 0 Å². The van der Waals surface area contributed by atoms with E-state index in [4.69, 9.17) is 4.74 Å². The molecule has 5 unspecified atom stereocenters. The van der Waals surface area contributed by atoms with Crippen molar-refractivity contribution in [1.82, 2.24) is 20.9 Å². The van der Waals surface area contributed by atoms with Gasteiger partial charge in [0.25, 0.3) is 5.91 Å². The smallest absolute Gasteiger partial charge is 0.408 e. The first-order valence-electron chi connectivity index (χ1n) is 15.6. The Balaban J connectivity index is 1.60. The fraction of sp³-hybridized carbons (Fsp3) is 0.618. The molecule has 0 aromatic heterocycles. The molecule has 240 valence electrons. The van der Waals surface area contributed by atoms with Gasteiger partial charge in [0, 0.05) is 13.1 Å². The molecule has 2 aliphatic carbocycles. The predicted octanol–water partition coefficient (Wildman–Crippen LogP) is 3.18. The highest BCUT2D eigenvalue weighted by Crippen LogP contribution is 2.65. The summed E-state index contributed by atoms with van der Waals surface area (Å²) in [5.74, 6) is -2.53. The summed E-state index contributed by atoms with van der Waals surface area (Å²) in [6.07, 6.45) is 2.27. The number of nitrogens with zero attached hydrogens (tertiary/aromatic N) is 1. The van der Waals surface area contributed by atoms with Crippen molar-refractivity contribution < 1.29 is 28.7 Å². The van der Waals surface area contributed by atoms with E-state index in [1.54, 1.807) is 25.7 Å². The third kappa shape index (κ3) is 7.16. The summed E-state index contributed by atoms with van der Waals surface area (Å²) in [4.78, 5) is 68.7. The number of ketones is 1. The molecule has 0 bridgehead atoms. The van der Waals surface area contributed by atoms with Gasteiger partial charge in [-0.1, -0.05) is 58.0 Å². The van der Waals surface area contributed by atoms with Crippen molar-refractivity contribution in [3.8, 4) is 0 Å². The molecule has 4 rings (SSSR count). The van der Waals surface area contributed by atoms with Crippen LogP contribution < -0.4 is 16.0 Å². The lowest BCUT2D eigenvalue weighted by Crippen LogP contribution is -2.60. The highest BCUT2D eigenvalue weighted by molar-refractivity contribution is 6.38. The minimum Gasteiger partial charge on any atom is -0.444 e. The number of alkyl carbamates (subject to hydrolysis) is 1. The van der Waals surface area contributed by atoms with E-state index in [0.717, 1.165) is 11.1 Å². The number of carbonyl (C=O) groups is 5. The van der Waals surface area contributed by atoms with Crippen molar-refractivity contribution >= 4 is 29.6 Å². The fourth-order valence-corrected chi connectivity index (χ4v) is 7.01. The van der Waals surface area contributed by atoms with Gasteiger partial charge in [0.05, 0.1) is 6.04 Å². The zero-order chi connectivity index (χ0) is 32.6. The van der Waals surface area contributed by atoms with Crippen LogP contribution in [0.15, 0.2) is 36.9 Å². The second-order valence-corrected chi connectivity index (χ2v) is 14.5. The first-order chi connectivity index (χ1) is 20.5. The topological polar surface area (TPSA) is 134 Å². The van der Waals surface area contributed by atoms with Crippen LogP contribution in [0, 0.1) is 29.1 Å². The lowest BCUT2D eigenvalue weighted by atomic mass is 9.93. The Morgan fingerprint density at radius 1 is 1.07 bits per heavy atom. The third-order valence-corrected chi connectivity index (χ3v) is 9.22. The number of benzene rings is 1. The molecule has 3 N–H and O–H groups in total. The number of likely N-dealkylation sites (tertiary alicyclic amines) is 1. The van der Waals surface area contributed by atoms with Crippen LogP contribution in [0.5, 0.6) is 0 Å². The van der Waals surface area contributed by atoms with Crippen LogP contribution >= 0.6 is 0 Å². The van der Waals surface area contributed by atoms with Crippen LogP contribution in [-0.4, -0.2) is 71.3 Å². The van der Waals surface area contributed by atoms with Crippen LogP contribution in [0.2, 0.25) is 0 Å². The Labute approximate surface area is 260 Å². The van der Waals surface area contributed by atoms with Crippen molar-refractivity contribution in [2.45, 2.75) is 91.5 Å². The summed E-state index contributed by atoms with van der Waals surface area (Å²) in [6.45, 7) is 17.3. The largest absolute Gasteiger partial charge is 0.444 e. The van der Waals surface area contributed by atoms with Crippen LogP contribution in [-0.2, 0) is 36.8 Å². The minimum atomic E-state index is -1.04. The second-order valence-electron chi connectivity index (χ2n) is 14.5. The molecule has 0 spiro atoms. The van der Waals surface area contributed by atoms with E-state index in [-0.39, 0.29) is 48.0 Å². The molecule has 2 fully saturated rings. The van der Waals surface area contributed by atoms with Crippen LogP contribution in [0.25, 0.3) is 0 Å². The number of amides is 4. The van der Waals surface area contributed by atoms with E-state index in [9.17, 15) is 24.0 Å². The number of ether oxygens (including phenoxy) is 1. The summed E-state index contributed by atoms with van der Waals surface area (Å²) < 4.78 is 5.54. The lowest BCUT2D eigenvalue weighted by molar-refractivity contribution is -0.144. The zero-order valence-electron chi connectivity index (χ0n) is 27.1. The predicted molar refractivity (Wildman–Crippen MR) is 166 cm³/mol. The molecule has 5 atom stereocenters. The van der Waals surface area contributed by atoms with Gasteiger partial charge >= 0.3 is 6.09 Å². The SMILES string of the molecule is C=CCNC(=O)C(=O)C(CC(C)C)NC(=O)C1C2C(CN1C(=O)C(NC(=O)OC(C)(C)C)C1Cc3ccccc3C1)C2(C)C. The van der Waals surface area contributed by atoms with Crippen molar-refractivity contribution in [3.63, 3.8) is 0 Å². The molecule has 1 saturated carbocycles. The molecule has 1 aliphatic heterocycles. The second kappa shape index (κ2) is 12.7. The maximum Gasteiger partial charge on any atom is 0.408 e. The maximum atomic E-state index is 14.4. The van der Waals surface area contributed by atoms with Crippen molar-refractivity contribution in [3.05, 3.63) is 48.0 Å². The number of nitrogens with one attached hydrogen (secondary N) is 3. The lowest BCUT2D eigenvalue weighted by Gasteiger charge is -2.35. The molecular weight excluding hydrogens is 560 g/mol. The summed E-state index contributed by atoms with van der Waals surface area (Å²) in [7, 11) is 0. The highest BCUT2D eigenvalue weighted by Gasteiger charge is 2.69. The normalized spacial score (nSPS) is 23.2. The Morgan fingerprint density at radius 3 is 2.23 bits per heavy atom. The third-order valence-electron chi connectivity index (χ3n) is 9.22. The molecule has 10 heteroatoms. The molecular formula is C34H48N4O6. The number of carbonyl (C=O) groups excluding carboxylic acids is 5. The average Bonchev–Trinajstić information content (AvgIpc) is 3.29. The summed E-state index contributed by atoms with van der Waals surface area (Å²) in [5.41, 5.74) is 1.33. The van der Waals surface area contributed by atoms with E-state index < -0.39 is 47.4 Å². The first kappa shape index (κ1) is 33.2. The van der Waals surface area contributed by atoms with Crippen molar-refractivity contribution in [2.24, 2.45) is 29.1 Å². The van der Waals surface area contributed by atoms with E-state index >= 15 is 0 Å². The van der Waals surface area contributed by atoms with Gasteiger partial charge in [0.15, 0.2) is 0 Å². The monoisotopic (exact) mass is 608 g/mol. The Kier molecular flexibility index (Phi) is 9.61. The quantitative estimate of drug-likeness (QED) is 0.261. The molecule has 4 amide bonds. The molecule has 1 heterocycles. The summed E-state index contributed by atoms with van der Waals surface area (Å²) in [6, 6.07) is 5.20. The van der Waals surface area contributed by atoms with E-state index in [0.29, 0.717) is 19.4 Å². The van der Waals surface area contributed by atoms with Gasteiger partial charge in [-0.3, -0.25) is 19.2 Å². The number of rotatable bonds is 11. The van der Waals surface area contributed by atoms with Gasteiger partial charge in [0.2, 0.25) is 17.6 Å². The highest BCUT2D eigenvalue weighted by atomic mass is 16.6. The molecule has 10 nitrogen and oxygen atoms in total. The number of piperidine rings is 1. The van der Waals surface area contributed by atoms with Gasteiger partial charge in [0.1, 0.15) is 17.7 Å². The number of fused-ring (bicyclic) bond motifs is 2. The van der Waals surface area contributed by atoms with Crippen LogP contribution in [0.4, 0.5) is 4.79 Å². The van der Waals surface area contributed by atoms with Crippen molar-refractivity contribution in [1.29, 1.82) is 0 Å². The van der Waals surface area contributed by atoms with Gasteiger partial charge in [-0.15, -0.1) is 6.58 Å². The fourth-order valence-electron chi connectivity index (χ4n) is 7.01. The molecule has 3 aliphatic rings. The number of Topliss-reactive ketones (excluding diaryl/α,β-unsaturated/α-hetero) is 1.